The van der Waals surface area contributed by atoms with Crippen LogP contribution in [0.25, 0.3) is 44.5 Å². The minimum atomic E-state index is 0.216. The summed E-state index contributed by atoms with van der Waals surface area (Å²) in [7, 11) is 6.69. The monoisotopic (exact) mass is 860 g/mol. The van der Waals surface area contributed by atoms with Crippen LogP contribution in [0.3, 0.4) is 0 Å². The lowest BCUT2D eigenvalue weighted by molar-refractivity contribution is 0.0543. The van der Waals surface area contributed by atoms with Gasteiger partial charge in [0, 0.05) is 47.1 Å². The molecular weight excluding hydrogens is 809 g/mol. The van der Waals surface area contributed by atoms with Gasteiger partial charge >= 0.3 is 0 Å². The van der Waals surface area contributed by atoms with E-state index < -0.39 is 0 Å². The molecule has 16 aliphatic heterocycles. The van der Waals surface area contributed by atoms with Crippen LogP contribution in [0.1, 0.15) is 22.3 Å². The lowest BCUT2D eigenvalue weighted by Gasteiger charge is -2.16. The van der Waals surface area contributed by atoms with Gasteiger partial charge in [0.1, 0.15) is 49.9 Å². The number of nitrogens with zero attached hydrogens (tertiary/aromatic N) is 4. The molecule has 12 bridgehead atoms. The third-order valence-electron chi connectivity index (χ3n) is 10.3. The molecule has 6 aromatic rings. The van der Waals surface area contributed by atoms with Crippen LogP contribution in [0.15, 0.2) is 141 Å². The standard InChI is InChI=1S/C52H52N4O8/c1-57-49-25-46-42-15-7-38(8-16-42)30-54-34-62-23-24-64-36-56-32-40-11-19-44(20-12-40)48-28-51(59-3)47(27-52(48)60-4)43-17-9-39(10-18-43)31-55-35-63-22-21-61-33-53-29-37-5-13-41(14-6-37)45(49)26-50(46)58-2/h5-20,25-32H,21-24,33-36H2,1-4H3/b53-29+,54-30+,55-31+,56-32+. The summed E-state index contributed by atoms with van der Waals surface area (Å²) < 4.78 is 46.0. The normalized spacial score (nSPS) is 16.2. The van der Waals surface area contributed by atoms with E-state index in [-0.39, 0.29) is 26.9 Å². The summed E-state index contributed by atoms with van der Waals surface area (Å²) in [5, 5.41) is 0. The SMILES string of the molecule is COc1cc2c(OC)cc1-c1ccc(cc1)/C=N/COCCOC/N=C/c1ccc(cc1)-c1cc(OC)c(cc1OC)-c1ccc(cc1)/C=N/COCCOC/N=C/c1ccc-2cc1. The topological polar surface area (TPSA) is 123 Å². The largest absolute Gasteiger partial charge is 0.496 e. The van der Waals surface area contributed by atoms with Crippen molar-refractivity contribution in [3.05, 3.63) is 144 Å². The molecule has 16 heterocycles. The zero-order valence-electron chi connectivity index (χ0n) is 36.6. The average molecular weight is 861 g/mol. The molecule has 0 saturated heterocycles. The smallest absolute Gasteiger partial charge is 0.137 e. The van der Waals surface area contributed by atoms with Gasteiger partial charge in [-0.2, -0.15) is 0 Å². The Bertz CT molecular complexity index is 2180. The second-order valence-corrected chi connectivity index (χ2v) is 14.4. The number of hydrogen-bond donors (Lipinski definition) is 0. The van der Waals surface area contributed by atoms with E-state index in [2.05, 4.69) is 20.0 Å². The summed E-state index contributed by atoms with van der Waals surface area (Å²) in [5.41, 5.74) is 11.4. The van der Waals surface area contributed by atoms with Gasteiger partial charge in [-0.3, -0.25) is 20.0 Å². The van der Waals surface area contributed by atoms with Crippen molar-refractivity contribution in [2.45, 2.75) is 0 Å². The zero-order chi connectivity index (χ0) is 44.4. The Morgan fingerprint density at radius 3 is 0.703 bits per heavy atom. The molecule has 12 heteroatoms. The van der Waals surface area contributed by atoms with Crippen LogP contribution in [-0.4, -0.2) is 107 Å². The van der Waals surface area contributed by atoms with Crippen LogP contribution in [0, 0.1) is 0 Å². The maximum Gasteiger partial charge on any atom is 0.137 e. The Kier molecular flexibility index (Phi) is 16.5. The maximum absolute atomic E-state index is 5.86. The van der Waals surface area contributed by atoms with Crippen LogP contribution < -0.4 is 18.9 Å². The first kappa shape index (κ1) is 45.1. The van der Waals surface area contributed by atoms with E-state index in [1.54, 1.807) is 53.3 Å². The van der Waals surface area contributed by atoms with Crippen LogP contribution in [0.5, 0.6) is 23.0 Å². The Morgan fingerprint density at radius 1 is 0.312 bits per heavy atom. The molecule has 0 aliphatic carbocycles. The van der Waals surface area contributed by atoms with Gasteiger partial charge in [0.05, 0.1) is 54.9 Å². The fourth-order valence-electron chi connectivity index (χ4n) is 6.97. The molecule has 0 N–H and O–H groups in total. The summed E-state index contributed by atoms with van der Waals surface area (Å²) >= 11 is 0. The molecule has 12 nitrogen and oxygen atoms in total. The van der Waals surface area contributed by atoms with Crippen molar-refractivity contribution in [2.24, 2.45) is 20.0 Å². The number of methoxy groups -OCH3 is 4. The van der Waals surface area contributed by atoms with E-state index in [1.807, 2.05) is 121 Å². The highest BCUT2D eigenvalue weighted by Crippen LogP contribution is 2.42. The Labute approximate surface area is 374 Å². The molecular formula is C52H52N4O8. The zero-order valence-corrected chi connectivity index (χ0v) is 36.6. The van der Waals surface area contributed by atoms with Crippen molar-refractivity contribution < 1.29 is 37.9 Å². The fourth-order valence-corrected chi connectivity index (χ4v) is 6.97. The first-order valence-corrected chi connectivity index (χ1v) is 20.8. The summed E-state index contributed by atoms with van der Waals surface area (Å²) in [6.45, 7) is 2.44. The predicted molar refractivity (Wildman–Crippen MR) is 254 cm³/mol. The van der Waals surface area contributed by atoms with Crippen LogP contribution >= 0.6 is 0 Å². The summed E-state index contributed by atoms with van der Waals surface area (Å²) in [6.07, 6.45) is 7.15. The number of hydrogen-bond acceptors (Lipinski definition) is 12. The molecule has 0 unspecified atom stereocenters. The highest BCUT2D eigenvalue weighted by atomic mass is 16.5. The first-order chi connectivity index (χ1) is 31.6. The Morgan fingerprint density at radius 2 is 0.516 bits per heavy atom. The Balaban J connectivity index is 1.03. The van der Waals surface area contributed by atoms with Crippen molar-refractivity contribution in [1.29, 1.82) is 0 Å². The average Bonchev–Trinajstić information content (AvgIpc) is 3.34. The van der Waals surface area contributed by atoms with Crippen molar-refractivity contribution in [3.63, 3.8) is 0 Å². The molecule has 0 spiro atoms. The molecule has 0 aromatic heterocycles. The van der Waals surface area contributed by atoms with Crippen LogP contribution in [0.2, 0.25) is 0 Å². The lowest BCUT2D eigenvalue weighted by Crippen LogP contribution is -2.04. The molecule has 6 aromatic carbocycles. The molecule has 0 atom stereocenters. The van der Waals surface area contributed by atoms with Gasteiger partial charge in [0.2, 0.25) is 0 Å². The fraction of sp³-hybridized carbons (Fsp3) is 0.231. The first-order valence-electron chi connectivity index (χ1n) is 20.8. The van der Waals surface area contributed by atoms with Crippen LogP contribution in [-0.2, 0) is 18.9 Å². The Hall–Kier alpha value is -6.96. The van der Waals surface area contributed by atoms with E-state index in [4.69, 9.17) is 37.9 Å². The number of benzene rings is 6. The van der Waals surface area contributed by atoms with Gasteiger partial charge in [-0.05, 0) is 68.8 Å². The number of aliphatic imine (C=N–C) groups is 4. The van der Waals surface area contributed by atoms with E-state index in [9.17, 15) is 0 Å². The van der Waals surface area contributed by atoms with Gasteiger partial charge in [-0.25, -0.2) is 0 Å². The molecule has 0 amide bonds. The third kappa shape index (κ3) is 12.1. The quantitative estimate of drug-likeness (QED) is 0.172. The lowest BCUT2D eigenvalue weighted by atomic mass is 9.97. The van der Waals surface area contributed by atoms with Gasteiger partial charge in [-0.1, -0.05) is 97.1 Å². The van der Waals surface area contributed by atoms with Gasteiger partial charge in [0.15, 0.2) is 0 Å². The van der Waals surface area contributed by atoms with Gasteiger partial charge in [0.25, 0.3) is 0 Å². The highest BCUT2D eigenvalue weighted by molar-refractivity contribution is 5.87. The second kappa shape index (κ2) is 23.5. The maximum atomic E-state index is 5.86. The molecule has 22 rings (SSSR count). The third-order valence-corrected chi connectivity index (χ3v) is 10.3. The van der Waals surface area contributed by atoms with Crippen molar-refractivity contribution in [3.8, 4) is 67.5 Å². The van der Waals surface area contributed by atoms with Crippen molar-refractivity contribution >= 4 is 24.9 Å². The van der Waals surface area contributed by atoms with E-state index in [0.717, 1.165) is 89.8 Å². The molecule has 16 aliphatic rings. The highest BCUT2D eigenvalue weighted by Gasteiger charge is 2.16. The van der Waals surface area contributed by atoms with E-state index >= 15 is 0 Å². The van der Waals surface area contributed by atoms with Crippen molar-refractivity contribution in [2.75, 3.05) is 81.8 Å². The molecule has 0 radical (unpaired) electrons. The molecule has 64 heavy (non-hydrogen) atoms. The summed E-state index contributed by atoms with van der Waals surface area (Å²) in [4.78, 5) is 17.7. The molecule has 0 saturated carbocycles. The van der Waals surface area contributed by atoms with Crippen molar-refractivity contribution in [1.82, 2.24) is 0 Å². The van der Waals surface area contributed by atoms with Crippen LogP contribution in [0.4, 0.5) is 0 Å². The second-order valence-electron chi connectivity index (χ2n) is 14.4. The van der Waals surface area contributed by atoms with Gasteiger partial charge in [-0.15, -0.1) is 0 Å². The summed E-state index contributed by atoms with van der Waals surface area (Å²) in [6, 6.07) is 40.4. The predicted octanol–water partition coefficient (Wildman–Crippen LogP) is 9.67. The minimum Gasteiger partial charge on any atom is -0.496 e. The summed E-state index contributed by atoms with van der Waals surface area (Å²) in [5.74, 6) is 2.93. The van der Waals surface area contributed by atoms with Gasteiger partial charge < -0.3 is 37.9 Å². The number of rotatable bonds is 4. The molecule has 0 fully saturated rings. The minimum absolute atomic E-state index is 0.216. The molecule has 328 valence electrons. The van der Waals surface area contributed by atoms with E-state index in [0.29, 0.717) is 26.4 Å². The van der Waals surface area contributed by atoms with E-state index in [1.165, 1.54) is 0 Å². The number of ether oxygens (including phenoxy) is 8.